The number of rotatable bonds is 6. The summed E-state index contributed by atoms with van der Waals surface area (Å²) in [5.74, 6) is 2.73. The highest BCUT2D eigenvalue weighted by atomic mass is 32.2. The van der Waals surface area contributed by atoms with Crippen LogP contribution in [0.25, 0.3) is 0 Å². The van der Waals surface area contributed by atoms with Gasteiger partial charge in [-0.25, -0.2) is 4.99 Å². The van der Waals surface area contributed by atoms with Crippen molar-refractivity contribution in [3.8, 4) is 0 Å². The molecule has 1 amide bonds. The second-order valence-electron chi connectivity index (χ2n) is 7.83. The van der Waals surface area contributed by atoms with Gasteiger partial charge in [-0.1, -0.05) is 20.8 Å². The Hall–Kier alpha value is -0.950. The summed E-state index contributed by atoms with van der Waals surface area (Å²) in [7, 11) is 3.57. The van der Waals surface area contributed by atoms with Gasteiger partial charge < -0.3 is 15.1 Å². The number of likely N-dealkylation sites (N-methyl/N-ethyl adjacent to an activating group) is 2. The van der Waals surface area contributed by atoms with Crippen LogP contribution in [0.4, 0.5) is 0 Å². The minimum atomic E-state index is 0.0483. The molecule has 0 aromatic carbocycles. The van der Waals surface area contributed by atoms with Gasteiger partial charge in [0.25, 0.3) is 0 Å². The van der Waals surface area contributed by atoms with Gasteiger partial charge in [-0.05, 0) is 31.8 Å². The average Bonchev–Trinajstić information content (AvgIpc) is 3.09. The molecule has 0 aromatic rings. The fraction of sp³-hybridized carbons (Fsp3) is 0.895. The Morgan fingerprint density at radius 1 is 1.35 bits per heavy atom. The van der Waals surface area contributed by atoms with Crippen molar-refractivity contribution >= 4 is 23.6 Å². The summed E-state index contributed by atoms with van der Waals surface area (Å²) in [6.07, 6.45) is 2.52. The van der Waals surface area contributed by atoms with Crippen molar-refractivity contribution < 1.29 is 4.79 Å². The topological polar surface area (TPSA) is 51.2 Å². The number of nitrogens with one attached hydrogen (secondary N) is 1. The molecule has 0 bridgehead atoms. The monoisotopic (exact) mass is 383 g/mol. The third kappa shape index (κ3) is 6.05. The number of guanidine groups is 1. The largest absolute Gasteiger partial charge is 0.355 e. The normalized spacial score (nSPS) is 25.0. The van der Waals surface area contributed by atoms with Crippen molar-refractivity contribution in [1.29, 1.82) is 0 Å². The third-order valence-corrected chi connectivity index (χ3v) is 6.94. The Morgan fingerprint density at radius 3 is 2.77 bits per heavy atom. The molecular weight excluding hydrogens is 346 g/mol. The number of nitrogens with zero attached hydrogens (tertiary/aromatic N) is 4. The zero-order valence-corrected chi connectivity index (χ0v) is 18.0. The Morgan fingerprint density at radius 2 is 2.12 bits per heavy atom. The fourth-order valence-electron chi connectivity index (χ4n) is 3.57. The van der Waals surface area contributed by atoms with Gasteiger partial charge >= 0.3 is 0 Å². The molecule has 2 fully saturated rings. The summed E-state index contributed by atoms with van der Waals surface area (Å²) in [6.45, 7) is 12.3. The van der Waals surface area contributed by atoms with E-state index in [4.69, 9.17) is 0 Å². The number of carbonyl (C=O) groups excluding carboxylic acids is 1. The van der Waals surface area contributed by atoms with Gasteiger partial charge in [0, 0.05) is 50.8 Å². The number of amides is 1. The molecule has 150 valence electrons. The summed E-state index contributed by atoms with van der Waals surface area (Å²) in [6, 6.07) is 0.579. The molecule has 2 saturated heterocycles. The van der Waals surface area contributed by atoms with E-state index in [-0.39, 0.29) is 12.5 Å². The average molecular weight is 384 g/mol. The van der Waals surface area contributed by atoms with E-state index in [0.717, 1.165) is 37.9 Å². The van der Waals surface area contributed by atoms with Crippen molar-refractivity contribution in [3.63, 3.8) is 0 Å². The molecule has 0 aliphatic carbocycles. The van der Waals surface area contributed by atoms with E-state index in [2.05, 4.69) is 52.6 Å². The number of aliphatic imine (C=N–C) groups is 1. The Bertz CT molecular complexity index is 483. The van der Waals surface area contributed by atoms with E-state index in [1.807, 2.05) is 0 Å². The first-order chi connectivity index (χ1) is 12.4. The minimum absolute atomic E-state index is 0.0483. The smallest absolute Gasteiger partial charge is 0.243 e. The number of thioether (sulfide) groups is 1. The van der Waals surface area contributed by atoms with Crippen LogP contribution in [0.3, 0.4) is 0 Å². The highest BCUT2D eigenvalue weighted by molar-refractivity contribution is 8.00. The summed E-state index contributed by atoms with van der Waals surface area (Å²) in [4.78, 5) is 23.2. The van der Waals surface area contributed by atoms with Gasteiger partial charge in [-0.15, -0.1) is 0 Å². The van der Waals surface area contributed by atoms with Gasteiger partial charge in [0.15, 0.2) is 5.96 Å². The van der Waals surface area contributed by atoms with Gasteiger partial charge in [0.2, 0.25) is 5.91 Å². The van der Waals surface area contributed by atoms with Crippen LogP contribution in [0, 0.1) is 5.92 Å². The predicted molar refractivity (Wildman–Crippen MR) is 112 cm³/mol. The first-order valence-electron chi connectivity index (χ1n) is 10.0. The van der Waals surface area contributed by atoms with Crippen LogP contribution in [0.5, 0.6) is 0 Å². The molecule has 2 rings (SSSR count). The maximum absolute atomic E-state index is 12.0. The Balaban J connectivity index is 2.03. The SMILES string of the molecule is CCN1CCCC1CNC(=NCC(=O)N(C)C)N1CCSC(C(C)C)C1. The molecule has 2 unspecified atom stereocenters. The lowest BCUT2D eigenvalue weighted by Gasteiger charge is -2.37. The van der Waals surface area contributed by atoms with Gasteiger partial charge in [-0.2, -0.15) is 11.8 Å². The van der Waals surface area contributed by atoms with E-state index in [1.54, 1.807) is 19.0 Å². The molecule has 6 nitrogen and oxygen atoms in total. The van der Waals surface area contributed by atoms with Crippen molar-refractivity contribution in [1.82, 2.24) is 20.0 Å². The van der Waals surface area contributed by atoms with E-state index in [1.165, 1.54) is 19.4 Å². The summed E-state index contributed by atoms with van der Waals surface area (Å²) in [5, 5.41) is 4.23. The lowest BCUT2D eigenvalue weighted by atomic mass is 10.1. The second-order valence-corrected chi connectivity index (χ2v) is 9.18. The van der Waals surface area contributed by atoms with Gasteiger partial charge in [0.1, 0.15) is 6.54 Å². The highest BCUT2D eigenvalue weighted by Crippen LogP contribution is 2.25. The van der Waals surface area contributed by atoms with Crippen LogP contribution in [-0.2, 0) is 4.79 Å². The van der Waals surface area contributed by atoms with Gasteiger partial charge in [0.05, 0.1) is 0 Å². The summed E-state index contributed by atoms with van der Waals surface area (Å²) >= 11 is 2.06. The number of hydrogen-bond acceptors (Lipinski definition) is 4. The van der Waals surface area contributed by atoms with Gasteiger partial charge in [-0.3, -0.25) is 9.69 Å². The van der Waals surface area contributed by atoms with Crippen LogP contribution in [0.15, 0.2) is 4.99 Å². The molecule has 26 heavy (non-hydrogen) atoms. The quantitative estimate of drug-likeness (QED) is 0.557. The number of hydrogen-bond donors (Lipinski definition) is 1. The number of likely N-dealkylation sites (tertiary alicyclic amines) is 1. The van der Waals surface area contributed by atoms with E-state index in [9.17, 15) is 4.79 Å². The first kappa shape index (κ1) is 21.4. The third-order valence-electron chi connectivity index (χ3n) is 5.40. The molecule has 7 heteroatoms. The molecule has 2 aliphatic heterocycles. The molecule has 0 saturated carbocycles. The van der Waals surface area contributed by atoms with E-state index < -0.39 is 0 Å². The molecule has 1 N–H and O–H groups in total. The number of carbonyl (C=O) groups is 1. The van der Waals surface area contributed by atoms with Crippen molar-refractivity contribution in [2.75, 3.05) is 59.1 Å². The molecule has 0 aromatic heterocycles. The van der Waals surface area contributed by atoms with Crippen LogP contribution >= 0.6 is 11.8 Å². The van der Waals surface area contributed by atoms with E-state index in [0.29, 0.717) is 17.2 Å². The maximum atomic E-state index is 12.0. The lowest BCUT2D eigenvalue weighted by Crippen LogP contribution is -2.51. The predicted octanol–water partition coefficient (Wildman–Crippen LogP) is 1.58. The summed E-state index contributed by atoms with van der Waals surface area (Å²) < 4.78 is 0. The molecule has 2 aliphatic rings. The Labute approximate surface area is 163 Å². The van der Waals surface area contributed by atoms with Crippen LogP contribution in [0.2, 0.25) is 0 Å². The molecule has 2 heterocycles. The standard InChI is InChI=1S/C19H37N5OS/c1-6-23-9-7-8-16(23)12-20-19(21-13-18(25)22(4)5)24-10-11-26-17(14-24)15(2)3/h15-17H,6-14H2,1-5H3,(H,20,21). The second kappa shape index (κ2) is 10.4. The zero-order chi connectivity index (χ0) is 19.1. The zero-order valence-electron chi connectivity index (χ0n) is 17.2. The van der Waals surface area contributed by atoms with Crippen molar-refractivity contribution in [2.45, 2.75) is 44.9 Å². The molecular formula is C19H37N5OS. The summed E-state index contributed by atoms with van der Waals surface area (Å²) in [5.41, 5.74) is 0. The van der Waals surface area contributed by atoms with E-state index >= 15 is 0 Å². The van der Waals surface area contributed by atoms with Crippen LogP contribution < -0.4 is 5.32 Å². The fourth-order valence-corrected chi connectivity index (χ4v) is 4.87. The van der Waals surface area contributed by atoms with Crippen molar-refractivity contribution in [2.24, 2.45) is 10.9 Å². The lowest BCUT2D eigenvalue weighted by molar-refractivity contribution is -0.127. The van der Waals surface area contributed by atoms with Crippen LogP contribution in [-0.4, -0.2) is 97.0 Å². The Kier molecular flexibility index (Phi) is 8.54. The highest BCUT2D eigenvalue weighted by Gasteiger charge is 2.27. The van der Waals surface area contributed by atoms with Crippen molar-refractivity contribution in [3.05, 3.63) is 0 Å². The first-order valence-corrected chi connectivity index (χ1v) is 11.1. The molecule has 2 atom stereocenters. The minimum Gasteiger partial charge on any atom is -0.355 e. The molecule has 0 spiro atoms. The maximum Gasteiger partial charge on any atom is 0.243 e. The van der Waals surface area contributed by atoms with Crippen LogP contribution in [0.1, 0.15) is 33.6 Å². The molecule has 0 radical (unpaired) electrons.